The van der Waals surface area contributed by atoms with Crippen LogP contribution in [0.1, 0.15) is 17.5 Å². The molecular weight excluding hydrogens is 384 g/mol. The van der Waals surface area contributed by atoms with Crippen molar-refractivity contribution in [3.63, 3.8) is 0 Å². The van der Waals surface area contributed by atoms with Gasteiger partial charge in [-0.3, -0.25) is 0 Å². The van der Waals surface area contributed by atoms with E-state index in [1.165, 1.54) is 0 Å². The third kappa shape index (κ3) is 3.60. The molecule has 0 atom stereocenters. The van der Waals surface area contributed by atoms with Gasteiger partial charge in [-0.25, -0.2) is 4.79 Å². The number of aliphatic hydroxyl groups excluding tert-OH is 2. The largest absolute Gasteiger partial charge is 0.491 e. The molecule has 1 aliphatic carbocycles. The lowest BCUT2D eigenvalue weighted by Crippen LogP contribution is -2.34. The minimum Gasteiger partial charge on any atom is -0.491 e. The fourth-order valence-corrected chi connectivity index (χ4v) is 4.17. The molecule has 0 bridgehead atoms. The van der Waals surface area contributed by atoms with Crippen LogP contribution in [0, 0.1) is 0 Å². The van der Waals surface area contributed by atoms with Gasteiger partial charge in [-0.2, -0.15) is 0 Å². The SMILES string of the molecule is O=C1OCC2=C1C(c1ccc(OCCO)cc1)(c1ccc(OCCO)cc1)CC=C2. The van der Waals surface area contributed by atoms with Gasteiger partial charge in [0.15, 0.2) is 0 Å². The maximum absolute atomic E-state index is 12.8. The van der Waals surface area contributed by atoms with Crippen molar-refractivity contribution in [2.45, 2.75) is 11.8 Å². The Bertz CT molecular complexity index is 905. The minimum atomic E-state index is -0.678. The van der Waals surface area contributed by atoms with Crippen molar-refractivity contribution in [1.29, 1.82) is 0 Å². The van der Waals surface area contributed by atoms with Gasteiger partial charge in [0.25, 0.3) is 0 Å². The van der Waals surface area contributed by atoms with Crippen molar-refractivity contribution < 1.29 is 29.2 Å². The van der Waals surface area contributed by atoms with Gasteiger partial charge in [-0.05, 0) is 41.8 Å². The summed E-state index contributed by atoms with van der Waals surface area (Å²) in [5, 5.41) is 17.9. The molecule has 0 saturated heterocycles. The molecule has 0 spiro atoms. The molecule has 0 unspecified atom stereocenters. The highest BCUT2D eigenvalue weighted by atomic mass is 16.5. The first kappa shape index (κ1) is 20.2. The number of allylic oxidation sites excluding steroid dienone is 1. The number of aliphatic hydroxyl groups is 2. The van der Waals surface area contributed by atoms with Crippen molar-refractivity contribution in [1.82, 2.24) is 0 Å². The summed E-state index contributed by atoms with van der Waals surface area (Å²) in [6, 6.07) is 15.2. The van der Waals surface area contributed by atoms with Crippen LogP contribution in [-0.4, -0.2) is 49.2 Å². The summed E-state index contributed by atoms with van der Waals surface area (Å²) >= 11 is 0. The Morgan fingerprint density at radius 3 is 1.90 bits per heavy atom. The molecule has 156 valence electrons. The van der Waals surface area contributed by atoms with Gasteiger partial charge >= 0.3 is 5.97 Å². The second-order valence-electron chi connectivity index (χ2n) is 7.18. The Morgan fingerprint density at radius 1 is 0.867 bits per heavy atom. The van der Waals surface area contributed by atoms with Crippen LogP contribution in [0.3, 0.4) is 0 Å². The van der Waals surface area contributed by atoms with Crippen LogP contribution in [0.5, 0.6) is 11.5 Å². The fraction of sp³-hybridized carbons (Fsp3) is 0.292. The highest BCUT2D eigenvalue weighted by molar-refractivity contribution is 5.97. The monoisotopic (exact) mass is 408 g/mol. The van der Waals surface area contributed by atoms with E-state index < -0.39 is 5.41 Å². The first-order chi connectivity index (χ1) is 14.7. The molecule has 4 rings (SSSR count). The van der Waals surface area contributed by atoms with Crippen LogP contribution in [0.15, 0.2) is 71.8 Å². The average Bonchev–Trinajstić information content (AvgIpc) is 3.18. The van der Waals surface area contributed by atoms with E-state index in [9.17, 15) is 4.79 Å². The molecule has 2 aliphatic rings. The van der Waals surface area contributed by atoms with Crippen LogP contribution >= 0.6 is 0 Å². The summed E-state index contributed by atoms with van der Waals surface area (Å²) in [7, 11) is 0. The lowest BCUT2D eigenvalue weighted by molar-refractivity contribution is -0.136. The lowest BCUT2D eigenvalue weighted by Gasteiger charge is -2.36. The summed E-state index contributed by atoms with van der Waals surface area (Å²) in [5.41, 5.74) is 2.80. The molecule has 2 aromatic rings. The Morgan fingerprint density at radius 2 is 1.40 bits per heavy atom. The van der Waals surface area contributed by atoms with E-state index in [1.807, 2.05) is 54.6 Å². The molecule has 1 heterocycles. The molecule has 2 aromatic carbocycles. The molecular formula is C24H24O6. The topological polar surface area (TPSA) is 85.2 Å². The molecule has 1 aliphatic heterocycles. The molecule has 2 N–H and O–H groups in total. The second-order valence-corrected chi connectivity index (χ2v) is 7.18. The predicted octanol–water partition coefficient (Wildman–Crippen LogP) is 2.53. The minimum absolute atomic E-state index is 0.0523. The van der Waals surface area contributed by atoms with Crippen molar-refractivity contribution >= 4 is 5.97 Å². The van der Waals surface area contributed by atoms with Gasteiger partial charge in [0.05, 0.1) is 24.2 Å². The normalized spacial score (nSPS) is 16.9. The van der Waals surface area contributed by atoms with Crippen LogP contribution in [-0.2, 0) is 14.9 Å². The van der Waals surface area contributed by atoms with Gasteiger partial charge in [-0.15, -0.1) is 0 Å². The standard InChI is InChI=1S/C24H24O6/c25-12-14-28-20-7-3-18(4-8-20)24(11-1-2-17-16-30-23(27)22(17)24)19-5-9-21(10-6-19)29-15-13-26/h1-10,25-26H,11-16H2. The molecule has 0 saturated carbocycles. The Labute approximate surface area is 175 Å². The molecule has 0 aromatic heterocycles. The van der Waals surface area contributed by atoms with Crippen LogP contribution < -0.4 is 9.47 Å². The van der Waals surface area contributed by atoms with Gasteiger partial charge in [0.2, 0.25) is 0 Å². The quantitative estimate of drug-likeness (QED) is 0.653. The van der Waals surface area contributed by atoms with E-state index in [2.05, 4.69) is 6.08 Å². The average molecular weight is 408 g/mol. The molecule has 30 heavy (non-hydrogen) atoms. The second kappa shape index (κ2) is 8.73. The first-order valence-corrected chi connectivity index (χ1v) is 9.95. The first-order valence-electron chi connectivity index (χ1n) is 9.95. The van der Waals surface area contributed by atoms with E-state index in [0.717, 1.165) is 16.7 Å². The summed E-state index contributed by atoms with van der Waals surface area (Å²) < 4.78 is 16.4. The zero-order chi connectivity index (χ0) is 21.0. The number of ether oxygens (including phenoxy) is 3. The zero-order valence-electron chi connectivity index (χ0n) is 16.5. The van der Waals surface area contributed by atoms with Gasteiger partial charge < -0.3 is 24.4 Å². The van der Waals surface area contributed by atoms with Gasteiger partial charge in [-0.1, -0.05) is 36.4 Å². The third-order valence-corrected chi connectivity index (χ3v) is 5.47. The molecule has 6 heteroatoms. The van der Waals surface area contributed by atoms with E-state index in [0.29, 0.717) is 23.5 Å². The van der Waals surface area contributed by atoms with E-state index in [-0.39, 0.29) is 39.0 Å². The molecule has 0 radical (unpaired) electrons. The number of hydrogen-bond donors (Lipinski definition) is 2. The fourth-order valence-electron chi connectivity index (χ4n) is 4.17. The van der Waals surface area contributed by atoms with Gasteiger partial charge in [0, 0.05) is 5.57 Å². The summed E-state index contributed by atoms with van der Waals surface area (Å²) in [5.74, 6) is 1.02. The van der Waals surface area contributed by atoms with E-state index >= 15 is 0 Å². The van der Waals surface area contributed by atoms with Crippen LogP contribution in [0.4, 0.5) is 0 Å². The highest BCUT2D eigenvalue weighted by Gasteiger charge is 2.46. The summed E-state index contributed by atoms with van der Waals surface area (Å²) in [6.45, 7) is 0.628. The number of hydrogen-bond acceptors (Lipinski definition) is 6. The number of esters is 1. The van der Waals surface area contributed by atoms with E-state index in [1.54, 1.807) is 0 Å². The number of cyclic esters (lactones) is 1. The molecule has 6 nitrogen and oxygen atoms in total. The third-order valence-electron chi connectivity index (χ3n) is 5.47. The molecule has 0 fully saturated rings. The van der Waals surface area contributed by atoms with Crippen LogP contribution in [0.2, 0.25) is 0 Å². The summed E-state index contributed by atoms with van der Waals surface area (Å²) in [4.78, 5) is 12.8. The van der Waals surface area contributed by atoms with Crippen molar-refractivity contribution in [3.05, 3.63) is 83.0 Å². The summed E-state index contributed by atoms with van der Waals surface area (Å²) in [6.07, 6.45) is 4.66. The Balaban J connectivity index is 1.78. The van der Waals surface area contributed by atoms with Crippen molar-refractivity contribution in [2.75, 3.05) is 33.0 Å². The zero-order valence-corrected chi connectivity index (χ0v) is 16.5. The Hall–Kier alpha value is -3.09. The maximum Gasteiger partial charge on any atom is 0.336 e. The predicted molar refractivity (Wildman–Crippen MR) is 111 cm³/mol. The lowest BCUT2D eigenvalue weighted by atomic mass is 9.64. The number of benzene rings is 2. The number of rotatable bonds is 8. The van der Waals surface area contributed by atoms with Crippen LogP contribution in [0.25, 0.3) is 0 Å². The van der Waals surface area contributed by atoms with Crippen molar-refractivity contribution in [3.8, 4) is 11.5 Å². The Kier molecular flexibility index (Phi) is 5.88. The number of carbonyl (C=O) groups excluding carboxylic acids is 1. The highest BCUT2D eigenvalue weighted by Crippen LogP contribution is 2.49. The molecule has 0 amide bonds. The smallest absolute Gasteiger partial charge is 0.336 e. The number of carbonyl (C=O) groups is 1. The van der Waals surface area contributed by atoms with Crippen molar-refractivity contribution in [2.24, 2.45) is 0 Å². The maximum atomic E-state index is 12.8. The van der Waals surface area contributed by atoms with Gasteiger partial charge in [0.1, 0.15) is 31.3 Å². The van der Waals surface area contributed by atoms with E-state index in [4.69, 9.17) is 24.4 Å².